The number of rotatable bonds is 4. The second-order valence-corrected chi connectivity index (χ2v) is 6.93. The summed E-state index contributed by atoms with van der Waals surface area (Å²) in [5.41, 5.74) is 0.617. The summed E-state index contributed by atoms with van der Waals surface area (Å²) in [7, 11) is 0. The van der Waals surface area contributed by atoms with Gasteiger partial charge in [0.05, 0.1) is 0 Å². The number of halogens is 1. The van der Waals surface area contributed by atoms with Crippen molar-refractivity contribution in [2.75, 3.05) is 25.0 Å². The second kappa shape index (κ2) is 5.39. The fourth-order valence-corrected chi connectivity index (χ4v) is 4.22. The normalized spacial score (nSPS) is 30.4. The molecule has 0 aromatic carbocycles. The number of likely N-dealkylation sites (tertiary alicyclic amines) is 1. The van der Waals surface area contributed by atoms with Gasteiger partial charge in [-0.25, -0.2) is 0 Å². The van der Waals surface area contributed by atoms with Crippen LogP contribution in [0.3, 0.4) is 0 Å². The highest BCUT2D eigenvalue weighted by atomic mass is 79.9. The SMILES string of the molecule is CC(C)C1CCN(CC2(CBr)CCCC2)C1. The predicted molar refractivity (Wildman–Crippen MR) is 74.1 cm³/mol. The van der Waals surface area contributed by atoms with E-state index >= 15 is 0 Å². The summed E-state index contributed by atoms with van der Waals surface area (Å²) in [6.45, 7) is 8.81. The standard InChI is InChI=1S/C14H26BrN/c1-12(2)13-5-8-16(9-13)11-14(10-15)6-3-4-7-14/h12-13H,3-11H2,1-2H3. The van der Waals surface area contributed by atoms with E-state index in [1.807, 2.05) is 0 Å². The molecule has 0 spiro atoms. The van der Waals surface area contributed by atoms with Crippen LogP contribution in [0.2, 0.25) is 0 Å². The Morgan fingerprint density at radius 3 is 2.50 bits per heavy atom. The first-order chi connectivity index (χ1) is 7.65. The van der Waals surface area contributed by atoms with Crippen LogP contribution in [0, 0.1) is 17.3 Å². The maximum atomic E-state index is 3.76. The number of hydrogen-bond donors (Lipinski definition) is 0. The van der Waals surface area contributed by atoms with Crippen LogP contribution in [-0.4, -0.2) is 29.9 Å². The third kappa shape index (κ3) is 2.81. The summed E-state index contributed by atoms with van der Waals surface area (Å²) < 4.78 is 0. The Labute approximate surface area is 109 Å². The molecule has 0 bridgehead atoms. The lowest BCUT2D eigenvalue weighted by molar-refractivity contribution is 0.192. The zero-order valence-corrected chi connectivity index (χ0v) is 12.4. The van der Waals surface area contributed by atoms with Crippen molar-refractivity contribution < 1.29 is 0 Å². The van der Waals surface area contributed by atoms with E-state index in [4.69, 9.17) is 0 Å². The average Bonchev–Trinajstić information content (AvgIpc) is 2.88. The zero-order valence-electron chi connectivity index (χ0n) is 10.8. The van der Waals surface area contributed by atoms with Gasteiger partial charge < -0.3 is 4.90 Å². The summed E-state index contributed by atoms with van der Waals surface area (Å²) in [6.07, 6.45) is 7.22. The van der Waals surface area contributed by atoms with Gasteiger partial charge in [-0.2, -0.15) is 0 Å². The Morgan fingerprint density at radius 2 is 2.00 bits per heavy atom. The van der Waals surface area contributed by atoms with Crippen molar-refractivity contribution in [3.05, 3.63) is 0 Å². The fraction of sp³-hybridized carbons (Fsp3) is 1.00. The third-order valence-electron chi connectivity index (χ3n) is 4.76. The summed E-state index contributed by atoms with van der Waals surface area (Å²) in [4.78, 5) is 2.73. The van der Waals surface area contributed by atoms with E-state index in [-0.39, 0.29) is 0 Å². The molecule has 0 aromatic heterocycles. The van der Waals surface area contributed by atoms with Crippen LogP contribution in [0.4, 0.5) is 0 Å². The molecule has 1 heterocycles. The van der Waals surface area contributed by atoms with E-state index < -0.39 is 0 Å². The van der Waals surface area contributed by atoms with Crippen molar-refractivity contribution in [1.82, 2.24) is 4.90 Å². The Kier molecular flexibility index (Phi) is 4.34. The van der Waals surface area contributed by atoms with Crippen molar-refractivity contribution in [2.24, 2.45) is 17.3 Å². The molecule has 1 saturated heterocycles. The maximum Gasteiger partial charge on any atom is 0.0100 e. The predicted octanol–water partition coefficient (Wildman–Crippen LogP) is 3.92. The van der Waals surface area contributed by atoms with Crippen molar-refractivity contribution >= 4 is 15.9 Å². The Balaban J connectivity index is 1.86. The van der Waals surface area contributed by atoms with Crippen LogP contribution in [-0.2, 0) is 0 Å². The van der Waals surface area contributed by atoms with Gasteiger partial charge in [0.1, 0.15) is 0 Å². The minimum Gasteiger partial charge on any atom is -0.302 e. The summed E-state index contributed by atoms with van der Waals surface area (Å²) in [5.74, 6) is 1.82. The van der Waals surface area contributed by atoms with E-state index in [1.54, 1.807) is 0 Å². The van der Waals surface area contributed by atoms with Gasteiger partial charge in [0.2, 0.25) is 0 Å². The van der Waals surface area contributed by atoms with E-state index in [0.717, 1.165) is 11.8 Å². The molecule has 2 heteroatoms. The van der Waals surface area contributed by atoms with Crippen LogP contribution in [0.1, 0.15) is 46.0 Å². The largest absolute Gasteiger partial charge is 0.302 e. The summed E-state index contributed by atoms with van der Waals surface area (Å²) in [6, 6.07) is 0. The molecule has 2 fully saturated rings. The van der Waals surface area contributed by atoms with Crippen molar-refractivity contribution in [3.8, 4) is 0 Å². The average molecular weight is 288 g/mol. The van der Waals surface area contributed by atoms with Gasteiger partial charge in [0.25, 0.3) is 0 Å². The maximum absolute atomic E-state index is 3.76. The number of nitrogens with zero attached hydrogens (tertiary/aromatic N) is 1. The van der Waals surface area contributed by atoms with E-state index in [2.05, 4.69) is 34.7 Å². The Morgan fingerprint density at radius 1 is 1.31 bits per heavy atom. The molecule has 0 radical (unpaired) electrons. The molecule has 0 amide bonds. The van der Waals surface area contributed by atoms with Gasteiger partial charge in [-0.15, -0.1) is 0 Å². The molecule has 2 rings (SSSR count). The first-order valence-electron chi connectivity index (χ1n) is 6.93. The molecule has 1 aliphatic heterocycles. The summed E-state index contributed by atoms with van der Waals surface area (Å²) in [5, 5.41) is 1.21. The smallest absolute Gasteiger partial charge is 0.0100 e. The highest BCUT2D eigenvalue weighted by Crippen LogP contribution is 2.41. The molecular formula is C14H26BrN. The van der Waals surface area contributed by atoms with Gasteiger partial charge in [-0.3, -0.25) is 0 Å². The van der Waals surface area contributed by atoms with Crippen molar-refractivity contribution in [2.45, 2.75) is 46.0 Å². The van der Waals surface area contributed by atoms with Crippen LogP contribution >= 0.6 is 15.9 Å². The molecule has 0 aromatic rings. The number of alkyl halides is 1. The minimum absolute atomic E-state index is 0.617. The van der Waals surface area contributed by atoms with E-state index in [0.29, 0.717) is 5.41 Å². The first-order valence-corrected chi connectivity index (χ1v) is 8.06. The second-order valence-electron chi connectivity index (χ2n) is 6.37. The number of hydrogen-bond acceptors (Lipinski definition) is 1. The first kappa shape index (κ1) is 12.9. The van der Waals surface area contributed by atoms with Crippen LogP contribution < -0.4 is 0 Å². The monoisotopic (exact) mass is 287 g/mol. The zero-order chi connectivity index (χ0) is 11.6. The highest BCUT2D eigenvalue weighted by molar-refractivity contribution is 9.09. The van der Waals surface area contributed by atoms with E-state index in [1.165, 1.54) is 57.1 Å². The lowest BCUT2D eigenvalue weighted by Crippen LogP contribution is -2.36. The lowest BCUT2D eigenvalue weighted by atomic mass is 9.88. The van der Waals surface area contributed by atoms with Gasteiger partial charge in [0.15, 0.2) is 0 Å². The molecule has 1 saturated carbocycles. The van der Waals surface area contributed by atoms with Gasteiger partial charge in [-0.05, 0) is 43.1 Å². The summed E-state index contributed by atoms with van der Waals surface area (Å²) >= 11 is 3.76. The van der Waals surface area contributed by atoms with Crippen molar-refractivity contribution in [1.29, 1.82) is 0 Å². The lowest BCUT2D eigenvalue weighted by Gasteiger charge is -2.32. The van der Waals surface area contributed by atoms with E-state index in [9.17, 15) is 0 Å². The Hall–Kier alpha value is 0.440. The molecule has 1 nitrogen and oxygen atoms in total. The minimum atomic E-state index is 0.617. The van der Waals surface area contributed by atoms with Gasteiger partial charge in [0, 0.05) is 18.4 Å². The Bertz CT molecular complexity index is 221. The van der Waals surface area contributed by atoms with Crippen molar-refractivity contribution in [3.63, 3.8) is 0 Å². The van der Waals surface area contributed by atoms with Crippen LogP contribution in [0.25, 0.3) is 0 Å². The molecule has 0 N–H and O–H groups in total. The third-order valence-corrected chi connectivity index (χ3v) is 5.95. The molecule has 16 heavy (non-hydrogen) atoms. The quantitative estimate of drug-likeness (QED) is 0.709. The molecule has 2 aliphatic rings. The molecule has 1 unspecified atom stereocenters. The molecular weight excluding hydrogens is 262 g/mol. The van der Waals surface area contributed by atoms with Gasteiger partial charge in [-0.1, -0.05) is 42.6 Å². The molecule has 1 atom stereocenters. The van der Waals surface area contributed by atoms with Gasteiger partial charge >= 0.3 is 0 Å². The highest BCUT2D eigenvalue weighted by Gasteiger charge is 2.36. The topological polar surface area (TPSA) is 3.24 Å². The fourth-order valence-electron chi connectivity index (χ4n) is 3.48. The van der Waals surface area contributed by atoms with Crippen LogP contribution in [0.5, 0.6) is 0 Å². The van der Waals surface area contributed by atoms with Crippen LogP contribution in [0.15, 0.2) is 0 Å². The molecule has 94 valence electrons. The molecule has 1 aliphatic carbocycles.